The molecule has 0 N–H and O–H groups in total. The van der Waals surface area contributed by atoms with E-state index < -0.39 is 0 Å². The van der Waals surface area contributed by atoms with Gasteiger partial charge in [-0.2, -0.15) is 5.26 Å². The van der Waals surface area contributed by atoms with Gasteiger partial charge in [0.2, 0.25) is 5.91 Å². The maximum atomic E-state index is 11.6. The highest BCUT2D eigenvalue weighted by Gasteiger charge is 2.12. The minimum absolute atomic E-state index is 0.0523. The van der Waals surface area contributed by atoms with Crippen LogP contribution < -0.4 is 4.90 Å². The summed E-state index contributed by atoms with van der Waals surface area (Å²) in [6, 6.07) is 11.5. The zero-order valence-electron chi connectivity index (χ0n) is 8.81. The molecule has 78 valence electrons. The zero-order valence-corrected chi connectivity index (χ0v) is 8.81. The molecule has 1 aromatic carbocycles. The van der Waals surface area contributed by atoms with E-state index in [1.165, 1.54) is 0 Å². The predicted molar refractivity (Wildman–Crippen MR) is 59.3 cm³/mol. The number of nitrogens with zero attached hydrogens (tertiary/aromatic N) is 2. The summed E-state index contributed by atoms with van der Waals surface area (Å²) in [5, 5.41) is 8.53. The number of amides is 1. The highest BCUT2D eigenvalue weighted by atomic mass is 16.2. The van der Waals surface area contributed by atoms with Gasteiger partial charge >= 0.3 is 0 Å². The normalized spacial score (nSPS) is 9.33. The predicted octanol–water partition coefficient (Wildman–Crippen LogP) is 2.34. The molecule has 0 saturated heterocycles. The van der Waals surface area contributed by atoms with Crippen molar-refractivity contribution in [2.24, 2.45) is 0 Å². The smallest absolute Gasteiger partial charge is 0.226 e. The lowest BCUT2D eigenvalue weighted by Gasteiger charge is -2.20. The molecule has 0 heterocycles. The number of nitriles is 1. The standard InChI is InChI=1S/C12H14N2O/c1-2-12(15)14(10-6-9-13)11-7-4-3-5-8-11/h3-5,7-8H,2,6,10H2,1H3. The molecule has 0 radical (unpaired) electrons. The molecule has 0 atom stereocenters. The Morgan fingerprint density at radius 3 is 2.60 bits per heavy atom. The second kappa shape index (κ2) is 5.82. The molecule has 0 spiro atoms. The fourth-order valence-corrected chi connectivity index (χ4v) is 1.36. The van der Waals surface area contributed by atoms with E-state index in [1.54, 1.807) is 4.90 Å². The Hall–Kier alpha value is -1.82. The number of benzene rings is 1. The van der Waals surface area contributed by atoms with Crippen LogP contribution in [-0.4, -0.2) is 12.5 Å². The minimum Gasteiger partial charge on any atom is -0.311 e. The van der Waals surface area contributed by atoms with E-state index in [4.69, 9.17) is 5.26 Å². The fraction of sp³-hybridized carbons (Fsp3) is 0.333. The van der Waals surface area contributed by atoms with Gasteiger partial charge in [-0.05, 0) is 12.1 Å². The summed E-state index contributed by atoms with van der Waals surface area (Å²) in [7, 11) is 0. The Labute approximate surface area is 89.9 Å². The molecule has 0 aromatic heterocycles. The molecule has 0 saturated carbocycles. The summed E-state index contributed by atoms with van der Waals surface area (Å²) in [6.45, 7) is 2.29. The first-order valence-corrected chi connectivity index (χ1v) is 5.02. The first kappa shape index (κ1) is 11.3. The summed E-state index contributed by atoms with van der Waals surface area (Å²) >= 11 is 0. The minimum atomic E-state index is 0.0523. The third-order valence-corrected chi connectivity index (χ3v) is 2.12. The summed E-state index contributed by atoms with van der Waals surface area (Å²) in [5.41, 5.74) is 0.861. The van der Waals surface area contributed by atoms with Gasteiger partial charge < -0.3 is 4.90 Å². The maximum absolute atomic E-state index is 11.6. The highest BCUT2D eigenvalue weighted by molar-refractivity contribution is 5.93. The number of anilines is 1. The van der Waals surface area contributed by atoms with Gasteiger partial charge in [-0.25, -0.2) is 0 Å². The quantitative estimate of drug-likeness (QED) is 0.752. The van der Waals surface area contributed by atoms with Crippen LogP contribution in [0, 0.1) is 11.3 Å². The maximum Gasteiger partial charge on any atom is 0.226 e. The van der Waals surface area contributed by atoms with Crippen LogP contribution >= 0.6 is 0 Å². The first-order chi connectivity index (χ1) is 7.29. The van der Waals surface area contributed by atoms with Gasteiger partial charge in [-0.1, -0.05) is 25.1 Å². The monoisotopic (exact) mass is 202 g/mol. The van der Waals surface area contributed by atoms with Crippen LogP contribution in [0.25, 0.3) is 0 Å². The van der Waals surface area contributed by atoms with Crippen molar-refractivity contribution in [2.45, 2.75) is 19.8 Å². The first-order valence-electron chi connectivity index (χ1n) is 5.02. The molecule has 0 aliphatic rings. The van der Waals surface area contributed by atoms with Gasteiger partial charge in [0.05, 0.1) is 12.5 Å². The topological polar surface area (TPSA) is 44.1 Å². The van der Waals surface area contributed by atoms with Gasteiger partial charge in [-0.3, -0.25) is 4.79 Å². The Balaban J connectivity index is 2.82. The molecule has 3 nitrogen and oxygen atoms in total. The Morgan fingerprint density at radius 2 is 2.07 bits per heavy atom. The number of hydrogen-bond donors (Lipinski definition) is 0. The van der Waals surface area contributed by atoms with E-state index in [1.807, 2.05) is 37.3 Å². The van der Waals surface area contributed by atoms with Crippen LogP contribution in [0.4, 0.5) is 5.69 Å². The molecule has 0 bridgehead atoms. The molecule has 1 rings (SSSR count). The largest absolute Gasteiger partial charge is 0.311 e. The molecule has 0 aliphatic heterocycles. The van der Waals surface area contributed by atoms with E-state index in [0.717, 1.165) is 5.69 Å². The number of hydrogen-bond acceptors (Lipinski definition) is 2. The van der Waals surface area contributed by atoms with Crippen molar-refractivity contribution in [1.82, 2.24) is 0 Å². The lowest BCUT2D eigenvalue weighted by Crippen LogP contribution is -2.30. The van der Waals surface area contributed by atoms with Crippen LogP contribution in [0.15, 0.2) is 30.3 Å². The Bertz CT molecular complexity index is 354. The lowest BCUT2D eigenvalue weighted by atomic mass is 10.2. The van der Waals surface area contributed by atoms with Crippen LogP contribution in [0.1, 0.15) is 19.8 Å². The van der Waals surface area contributed by atoms with E-state index in [-0.39, 0.29) is 5.91 Å². The van der Waals surface area contributed by atoms with Crippen LogP contribution in [0.5, 0.6) is 0 Å². The van der Waals surface area contributed by atoms with Crippen LogP contribution in [-0.2, 0) is 4.79 Å². The SMILES string of the molecule is CCC(=O)N(CCC#N)c1ccccc1. The molecule has 3 heteroatoms. The second-order valence-electron chi connectivity index (χ2n) is 3.14. The van der Waals surface area contributed by atoms with Crippen molar-refractivity contribution in [1.29, 1.82) is 5.26 Å². The number of rotatable bonds is 4. The van der Waals surface area contributed by atoms with Gasteiger partial charge in [0.1, 0.15) is 0 Å². The van der Waals surface area contributed by atoms with E-state index in [0.29, 0.717) is 19.4 Å². The zero-order chi connectivity index (χ0) is 11.1. The number of carbonyl (C=O) groups is 1. The second-order valence-corrected chi connectivity index (χ2v) is 3.14. The van der Waals surface area contributed by atoms with Gasteiger partial charge in [-0.15, -0.1) is 0 Å². The van der Waals surface area contributed by atoms with E-state index in [9.17, 15) is 4.79 Å². The van der Waals surface area contributed by atoms with Crippen molar-refractivity contribution < 1.29 is 4.79 Å². The molecule has 15 heavy (non-hydrogen) atoms. The van der Waals surface area contributed by atoms with Gasteiger partial charge in [0, 0.05) is 18.7 Å². The van der Waals surface area contributed by atoms with Gasteiger partial charge in [0.15, 0.2) is 0 Å². The molecule has 0 fully saturated rings. The molecular weight excluding hydrogens is 188 g/mol. The van der Waals surface area contributed by atoms with Crippen molar-refractivity contribution >= 4 is 11.6 Å². The number of para-hydroxylation sites is 1. The molecular formula is C12H14N2O. The van der Waals surface area contributed by atoms with Crippen molar-refractivity contribution in [3.63, 3.8) is 0 Å². The summed E-state index contributed by atoms with van der Waals surface area (Å²) in [5.74, 6) is 0.0523. The average molecular weight is 202 g/mol. The number of carbonyl (C=O) groups excluding carboxylic acids is 1. The molecule has 0 aliphatic carbocycles. The fourth-order valence-electron chi connectivity index (χ4n) is 1.36. The summed E-state index contributed by atoms with van der Waals surface area (Å²) in [6.07, 6.45) is 0.820. The molecule has 0 unspecified atom stereocenters. The summed E-state index contributed by atoms with van der Waals surface area (Å²) < 4.78 is 0. The Kier molecular flexibility index (Phi) is 4.36. The third-order valence-electron chi connectivity index (χ3n) is 2.12. The summed E-state index contributed by atoms with van der Waals surface area (Å²) in [4.78, 5) is 13.3. The van der Waals surface area contributed by atoms with Crippen molar-refractivity contribution in [2.75, 3.05) is 11.4 Å². The van der Waals surface area contributed by atoms with Crippen LogP contribution in [0.3, 0.4) is 0 Å². The van der Waals surface area contributed by atoms with Crippen LogP contribution in [0.2, 0.25) is 0 Å². The van der Waals surface area contributed by atoms with Gasteiger partial charge in [0.25, 0.3) is 0 Å². The lowest BCUT2D eigenvalue weighted by molar-refractivity contribution is -0.118. The Morgan fingerprint density at radius 1 is 1.40 bits per heavy atom. The third kappa shape index (κ3) is 3.10. The van der Waals surface area contributed by atoms with Crippen molar-refractivity contribution in [3.05, 3.63) is 30.3 Å². The highest BCUT2D eigenvalue weighted by Crippen LogP contribution is 2.14. The molecule has 1 aromatic rings. The van der Waals surface area contributed by atoms with E-state index >= 15 is 0 Å². The average Bonchev–Trinajstić information content (AvgIpc) is 2.30. The van der Waals surface area contributed by atoms with Crippen molar-refractivity contribution in [3.8, 4) is 6.07 Å². The van der Waals surface area contributed by atoms with E-state index in [2.05, 4.69) is 6.07 Å². The molecule has 1 amide bonds.